The number of carbonyl (C=O) groups excluding carboxylic acids is 1. The molecule has 0 N–H and O–H groups in total. The van der Waals surface area contributed by atoms with E-state index in [2.05, 4.69) is 10.2 Å². The first-order valence-electron chi connectivity index (χ1n) is 8.77. The third-order valence-corrected chi connectivity index (χ3v) is 4.85. The number of nitrogens with zero attached hydrogens (tertiary/aromatic N) is 4. The van der Waals surface area contributed by atoms with E-state index in [4.69, 9.17) is 4.42 Å². The number of rotatable bonds is 3. The van der Waals surface area contributed by atoms with Gasteiger partial charge in [-0.2, -0.15) is 13.2 Å². The minimum Gasteiger partial charge on any atom is -0.451 e. The van der Waals surface area contributed by atoms with Crippen LogP contribution in [0.25, 0.3) is 11.3 Å². The molecule has 1 atom stereocenters. The molecule has 1 amide bonds. The lowest BCUT2D eigenvalue weighted by atomic mass is 10.1. The van der Waals surface area contributed by atoms with E-state index in [1.807, 2.05) is 7.05 Å². The van der Waals surface area contributed by atoms with Crippen molar-refractivity contribution in [2.75, 3.05) is 6.54 Å². The zero-order valence-corrected chi connectivity index (χ0v) is 15.0. The monoisotopic (exact) mass is 390 g/mol. The van der Waals surface area contributed by atoms with Crippen LogP contribution in [0, 0.1) is 0 Å². The molecule has 6 nitrogen and oxygen atoms in total. The molecule has 0 aliphatic carbocycles. The molecule has 0 unspecified atom stereocenters. The Morgan fingerprint density at radius 1 is 1.25 bits per heavy atom. The highest BCUT2D eigenvalue weighted by Crippen LogP contribution is 2.34. The van der Waals surface area contributed by atoms with Gasteiger partial charge in [0, 0.05) is 19.2 Å². The van der Waals surface area contributed by atoms with E-state index >= 15 is 0 Å². The number of carbonyl (C=O) groups is 1. The van der Waals surface area contributed by atoms with Crippen LogP contribution < -0.4 is 0 Å². The lowest BCUT2D eigenvalue weighted by Gasteiger charge is -2.22. The first kappa shape index (κ1) is 18.3. The summed E-state index contributed by atoms with van der Waals surface area (Å²) in [5, 5.41) is 7.96. The number of hydrogen-bond acceptors (Lipinski definition) is 4. The average Bonchev–Trinajstić information content (AvgIpc) is 3.40. The predicted molar refractivity (Wildman–Crippen MR) is 93.2 cm³/mol. The largest absolute Gasteiger partial charge is 0.451 e. The molecule has 1 saturated heterocycles. The predicted octanol–water partition coefficient (Wildman–Crippen LogP) is 4.07. The van der Waals surface area contributed by atoms with Crippen LogP contribution >= 0.6 is 0 Å². The Kier molecular flexibility index (Phi) is 4.44. The molecule has 2 aromatic heterocycles. The molecule has 3 heterocycles. The lowest BCUT2D eigenvalue weighted by molar-refractivity contribution is -0.137. The second kappa shape index (κ2) is 6.81. The lowest BCUT2D eigenvalue weighted by Crippen LogP contribution is -2.31. The highest BCUT2D eigenvalue weighted by molar-refractivity contribution is 5.92. The zero-order chi connectivity index (χ0) is 19.9. The first-order valence-corrected chi connectivity index (χ1v) is 8.77. The SMILES string of the molecule is Cn1cnnc1[C@H]1CCCN1C(=O)c1ccc(-c2cccc(C(F)(F)F)c2)o1. The van der Waals surface area contributed by atoms with Gasteiger partial charge in [-0.25, -0.2) is 0 Å². The summed E-state index contributed by atoms with van der Waals surface area (Å²) in [7, 11) is 1.81. The first-order chi connectivity index (χ1) is 13.3. The van der Waals surface area contributed by atoms with Gasteiger partial charge < -0.3 is 13.9 Å². The number of aryl methyl sites for hydroxylation is 1. The number of aromatic nitrogens is 3. The van der Waals surface area contributed by atoms with Crippen molar-refractivity contribution >= 4 is 5.91 Å². The molecule has 9 heteroatoms. The van der Waals surface area contributed by atoms with Crippen molar-refractivity contribution in [1.29, 1.82) is 0 Å². The van der Waals surface area contributed by atoms with Gasteiger partial charge in [0.25, 0.3) is 5.91 Å². The summed E-state index contributed by atoms with van der Waals surface area (Å²) < 4.78 is 46.2. The number of benzene rings is 1. The van der Waals surface area contributed by atoms with Crippen LogP contribution in [0.5, 0.6) is 0 Å². The maximum atomic E-state index is 12.9. The molecule has 1 fully saturated rings. The molecule has 28 heavy (non-hydrogen) atoms. The van der Waals surface area contributed by atoms with Crippen LogP contribution in [0.2, 0.25) is 0 Å². The van der Waals surface area contributed by atoms with Crippen molar-refractivity contribution in [3.8, 4) is 11.3 Å². The summed E-state index contributed by atoms with van der Waals surface area (Å²) in [6.07, 6.45) is -1.28. The van der Waals surface area contributed by atoms with Crippen LogP contribution in [-0.2, 0) is 13.2 Å². The molecule has 1 aliphatic rings. The fraction of sp³-hybridized carbons (Fsp3) is 0.316. The van der Waals surface area contributed by atoms with Crippen LogP contribution in [0.3, 0.4) is 0 Å². The Hall–Kier alpha value is -3.10. The molecule has 1 aromatic carbocycles. The van der Waals surface area contributed by atoms with E-state index in [1.54, 1.807) is 15.8 Å². The zero-order valence-electron chi connectivity index (χ0n) is 15.0. The number of hydrogen-bond donors (Lipinski definition) is 0. The van der Waals surface area contributed by atoms with Crippen molar-refractivity contribution in [2.24, 2.45) is 7.05 Å². The summed E-state index contributed by atoms with van der Waals surface area (Å²) >= 11 is 0. The molecule has 0 spiro atoms. The van der Waals surface area contributed by atoms with Crippen LogP contribution in [0.1, 0.15) is 40.8 Å². The van der Waals surface area contributed by atoms with Crippen molar-refractivity contribution < 1.29 is 22.4 Å². The Labute approximate surface area is 158 Å². The van der Waals surface area contributed by atoms with E-state index in [-0.39, 0.29) is 29.0 Å². The number of amides is 1. The molecule has 4 rings (SSSR count). The maximum absolute atomic E-state index is 12.9. The standard InChI is InChI=1S/C19H17F3N4O2/c1-25-11-23-24-17(25)14-6-3-9-26(14)18(27)16-8-7-15(28-16)12-4-2-5-13(10-12)19(20,21)22/h2,4-5,7-8,10-11,14H,3,6,9H2,1H3/t14-/m1/s1. The summed E-state index contributed by atoms with van der Waals surface area (Å²) in [6.45, 7) is 0.552. The minimum atomic E-state index is -4.44. The van der Waals surface area contributed by atoms with E-state index in [9.17, 15) is 18.0 Å². The Morgan fingerprint density at radius 3 is 2.79 bits per heavy atom. The molecular weight excluding hydrogens is 373 g/mol. The van der Waals surface area contributed by atoms with E-state index in [0.29, 0.717) is 12.4 Å². The fourth-order valence-electron chi connectivity index (χ4n) is 3.47. The van der Waals surface area contributed by atoms with E-state index in [0.717, 1.165) is 25.0 Å². The molecular formula is C19H17F3N4O2. The molecule has 146 valence electrons. The average molecular weight is 390 g/mol. The topological polar surface area (TPSA) is 64.2 Å². The second-order valence-corrected chi connectivity index (χ2v) is 6.70. The molecule has 3 aromatic rings. The maximum Gasteiger partial charge on any atom is 0.416 e. The van der Waals surface area contributed by atoms with Crippen LogP contribution in [-0.4, -0.2) is 32.1 Å². The van der Waals surface area contributed by atoms with E-state index < -0.39 is 11.7 Å². The summed E-state index contributed by atoms with van der Waals surface area (Å²) in [4.78, 5) is 14.6. The van der Waals surface area contributed by atoms with Crippen molar-refractivity contribution in [2.45, 2.75) is 25.1 Å². The third-order valence-electron chi connectivity index (χ3n) is 4.85. The van der Waals surface area contributed by atoms with Gasteiger partial charge in [0.15, 0.2) is 11.6 Å². The Balaban J connectivity index is 1.59. The van der Waals surface area contributed by atoms with Crippen molar-refractivity contribution in [3.63, 3.8) is 0 Å². The Bertz CT molecular complexity index is 1010. The van der Waals surface area contributed by atoms with Gasteiger partial charge in [0.1, 0.15) is 12.1 Å². The van der Waals surface area contributed by atoms with Gasteiger partial charge in [-0.3, -0.25) is 4.79 Å². The van der Waals surface area contributed by atoms with E-state index in [1.165, 1.54) is 24.3 Å². The van der Waals surface area contributed by atoms with Crippen molar-refractivity contribution in [1.82, 2.24) is 19.7 Å². The molecule has 1 aliphatic heterocycles. The van der Waals surface area contributed by atoms with Gasteiger partial charge in [-0.1, -0.05) is 12.1 Å². The van der Waals surface area contributed by atoms with Gasteiger partial charge in [-0.05, 0) is 37.1 Å². The minimum absolute atomic E-state index is 0.0847. The van der Waals surface area contributed by atoms with Gasteiger partial charge in [0.2, 0.25) is 0 Å². The van der Waals surface area contributed by atoms with Crippen LogP contribution in [0.4, 0.5) is 13.2 Å². The molecule has 0 saturated carbocycles. The number of alkyl halides is 3. The van der Waals surface area contributed by atoms with Crippen LogP contribution in [0.15, 0.2) is 47.1 Å². The number of halogens is 3. The molecule has 0 radical (unpaired) electrons. The highest BCUT2D eigenvalue weighted by Gasteiger charge is 2.35. The quantitative estimate of drug-likeness (QED) is 0.676. The van der Waals surface area contributed by atoms with Gasteiger partial charge in [-0.15, -0.1) is 10.2 Å². The highest BCUT2D eigenvalue weighted by atomic mass is 19.4. The second-order valence-electron chi connectivity index (χ2n) is 6.70. The number of likely N-dealkylation sites (tertiary alicyclic amines) is 1. The Morgan fingerprint density at radius 2 is 2.07 bits per heavy atom. The third kappa shape index (κ3) is 3.28. The summed E-state index contributed by atoms with van der Waals surface area (Å²) in [5.41, 5.74) is -0.503. The summed E-state index contributed by atoms with van der Waals surface area (Å²) in [5.74, 6) is 0.671. The normalized spacial score (nSPS) is 17.3. The molecule has 0 bridgehead atoms. The van der Waals surface area contributed by atoms with Crippen molar-refractivity contribution in [3.05, 3.63) is 59.9 Å². The summed E-state index contributed by atoms with van der Waals surface area (Å²) in [6, 6.07) is 7.62. The number of furan rings is 1. The van der Waals surface area contributed by atoms with Gasteiger partial charge >= 0.3 is 6.18 Å². The van der Waals surface area contributed by atoms with Gasteiger partial charge in [0.05, 0.1) is 11.6 Å². The fourth-order valence-corrected chi connectivity index (χ4v) is 3.47. The smallest absolute Gasteiger partial charge is 0.416 e.